The molecule has 2 aliphatic heterocycles. The SMILES string of the molecule is O=C(CCNC12CC3CNC(C1)[C@@H]32)Nc1sc2c(c1-c1nc3cnccc3s1)CCNC2. The van der Waals surface area contributed by atoms with Crippen LogP contribution in [-0.2, 0) is 17.8 Å². The molecule has 32 heavy (non-hydrogen) atoms. The van der Waals surface area contributed by atoms with Crippen molar-refractivity contribution in [3.63, 3.8) is 0 Å². The molecule has 2 saturated carbocycles. The molecule has 4 atom stereocenters. The summed E-state index contributed by atoms with van der Waals surface area (Å²) < 4.78 is 1.13. The van der Waals surface area contributed by atoms with Gasteiger partial charge in [0, 0.05) is 47.7 Å². The van der Waals surface area contributed by atoms with E-state index in [0.717, 1.165) is 63.7 Å². The maximum Gasteiger partial charge on any atom is 0.226 e. The zero-order valence-electron chi connectivity index (χ0n) is 17.7. The Kier molecular flexibility index (Phi) is 4.46. The van der Waals surface area contributed by atoms with Crippen LogP contribution in [0.1, 0.15) is 29.7 Å². The first kappa shape index (κ1) is 19.5. The van der Waals surface area contributed by atoms with Crippen LogP contribution in [0.3, 0.4) is 0 Å². The second kappa shape index (κ2) is 7.30. The molecule has 166 valence electrons. The lowest BCUT2D eigenvalue weighted by Gasteiger charge is -2.63. The average Bonchev–Trinajstić information content (AvgIpc) is 3.38. The lowest BCUT2D eigenvalue weighted by molar-refractivity contribution is -0.116. The van der Waals surface area contributed by atoms with Gasteiger partial charge in [-0.1, -0.05) is 0 Å². The van der Waals surface area contributed by atoms with Gasteiger partial charge in [0.25, 0.3) is 0 Å². The molecule has 0 spiro atoms. The smallest absolute Gasteiger partial charge is 0.226 e. The third kappa shape index (κ3) is 2.92. The third-order valence-corrected chi connectivity index (χ3v) is 10.0. The van der Waals surface area contributed by atoms with E-state index >= 15 is 0 Å². The van der Waals surface area contributed by atoms with Crippen LogP contribution in [0.5, 0.6) is 0 Å². The van der Waals surface area contributed by atoms with Crippen LogP contribution < -0.4 is 21.3 Å². The Balaban J connectivity index is 1.09. The number of thiophene rings is 1. The molecule has 7 rings (SSSR count). The van der Waals surface area contributed by atoms with Gasteiger partial charge >= 0.3 is 0 Å². The quantitative estimate of drug-likeness (QED) is 0.447. The highest BCUT2D eigenvalue weighted by molar-refractivity contribution is 7.22. The maximum absolute atomic E-state index is 12.9. The van der Waals surface area contributed by atoms with Crippen molar-refractivity contribution in [2.75, 3.05) is 25.0 Å². The van der Waals surface area contributed by atoms with Crippen molar-refractivity contribution < 1.29 is 4.79 Å². The Labute approximate surface area is 194 Å². The minimum Gasteiger partial charge on any atom is -0.317 e. The third-order valence-electron chi connectivity index (χ3n) is 7.85. The van der Waals surface area contributed by atoms with E-state index in [0.29, 0.717) is 18.0 Å². The number of carbonyl (C=O) groups excluding carboxylic acids is 1. The summed E-state index contributed by atoms with van der Waals surface area (Å²) in [6, 6.07) is 2.73. The van der Waals surface area contributed by atoms with Crippen LogP contribution in [0.4, 0.5) is 5.00 Å². The number of aromatic nitrogens is 2. The Morgan fingerprint density at radius 3 is 3.19 bits per heavy atom. The van der Waals surface area contributed by atoms with Crippen molar-refractivity contribution in [2.45, 2.75) is 43.8 Å². The largest absolute Gasteiger partial charge is 0.317 e. The lowest BCUT2D eigenvalue weighted by atomic mass is 9.47. The molecule has 4 N–H and O–H groups in total. The van der Waals surface area contributed by atoms with Gasteiger partial charge in [0.05, 0.1) is 10.9 Å². The number of anilines is 1. The molecule has 5 heterocycles. The van der Waals surface area contributed by atoms with Crippen LogP contribution in [-0.4, -0.2) is 47.1 Å². The van der Waals surface area contributed by atoms with Crippen molar-refractivity contribution >= 4 is 43.8 Å². The fraction of sp³-hybridized carbons (Fsp3) is 0.522. The molecule has 3 unspecified atom stereocenters. The Morgan fingerprint density at radius 2 is 2.28 bits per heavy atom. The van der Waals surface area contributed by atoms with Gasteiger partial charge in [-0.2, -0.15) is 0 Å². The molecule has 2 aliphatic carbocycles. The average molecular weight is 467 g/mol. The zero-order chi connectivity index (χ0) is 21.3. The standard InChI is InChI=1S/C23H26N6OS2/c30-18(3-6-27-23-7-12-9-26-14(8-23)20(12)23)29-22-19(13-1-4-25-11-17(13)32-22)21-28-15-10-24-5-2-16(15)31-21/h2,5,10,12,14,20,25-27H,1,3-4,6-9,11H2,(H,29,30)/t12?,14?,20-,23?/m1/s1. The van der Waals surface area contributed by atoms with Gasteiger partial charge in [-0.05, 0) is 55.8 Å². The molecule has 4 aliphatic rings. The first-order chi connectivity index (χ1) is 15.7. The van der Waals surface area contributed by atoms with E-state index in [2.05, 4.69) is 26.3 Å². The van der Waals surface area contributed by atoms with Crippen LogP contribution >= 0.6 is 22.7 Å². The molecular formula is C23H26N6OS2. The van der Waals surface area contributed by atoms with Crippen molar-refractivity contribution in [3.8, 4) is 10.6 Å². The van der Waals surface area contributed by atoms with E-state index < -0.39 is 0 Å². The van der Waals surface area contributed by atoms with E-state index in [9.17, 15) is 4.79 Å². The van der Waals surface area contributed by atoms with Crippen molar-refractivity contribution in [3.05, 3.63) is 28.9 Å². The molecule has 3 fully saturated rings. The molecular weight excluding hydrogens is 440 g/mol. The normalized spacial score (nSPS) is 29.8. The number of amides is 1. The van der Waals surface area contributed by atoms with E-state index in [1.54, 1.807) is 22.7 Å². The highest BCUT2D eigenvalue weighted by atomic mass is 32.1. The number of rotatable bonds is 6. The van der Waals surface area contributed by atoms with Crippen LogP contribution in [0, 0.1) is 11.8 Å². The number of hydrogen-bond donors (Lipinski definition) is 4. The van der Waals surface area contributed by atoms with E-state index in [1.165, 1.54) is 29.8 Å². The molecule has 1 saturated heterocycles. The number of hydrogen-bond acceptors (Lipinski definition) is 8. The van der Waals surface area contributed by atoms with Crippen molar-refractivity contribution in [1.82, 2.24) is 25.9 Å². The van der Waals surface area contributed by atoms with Gasteiger partial charge in [-0.15, -0.1) is 22.7 Å². The first-order valence-electron chi connectivity index (χ1n) is 11.5. The highest BCUT2D eigenvalue weighted by Gasteiger charge is 2.67. The number of nitrogens with zero attached hydrogens (tertiary/aromatic N) is 2. The minimum absolute atomic E-state index is 0.0841. The Bertz CT molecular complexity index is 1170. The molecule has 0 aromatic carbocycles. The molecule has 1 amide bonds. The summed E-state index contributed by atoms with van der Waals surface area (Å²) in [5, 5.41) is 16.0. The van der Waals surface area contributed by atoms with Crippen LogP contribution in [0.25, 0.3) is 20.8 Å². The Morgan fingerprint density at radius 1 is 1.31 bits per heavy atom. The second-order valence-electron chi connectivity index (χ2n) is 9.59. The van der Waals surface area contributed by atoms with Gasteiger partial charge in [0.2, 0.25) is 5.91 Å². The summed E-state index contributed by atoms with van der Waals surface area (Å²) in [5.74, 6) is 1.73. The van der Waals surface area contributed by atoms with Crippen LogP contribution in [0.15, 0.2) is 18.5 Å². The van der Waals surface area contributed by atoms with E-state index in [-0.39, 0.29) is 5.91 Å². The number of nitrogens with one attached hydrogen (secondary N) is 4. The predicted octanol–water partition coefficient (Wildman–Crippen LogP) is 2.73. The predicted molar refractivity (Wildman–Crippen MR) is 128 cm³/mol. The van der Waals surface area contributed by atoms with Gasteiger partial charge in [0.15, 0.2) is 0 Å². The molecule has 3 aromatic rings. The zero-order valence-corrected chi connectivity index (χ0v) is 19.4. The summed E-state index contributed by atoms with van der Waals surface area (Å²) >= 11 is 3.38. The molecule has 0 bridgehead atoms. The molecule has 7 nitrogen and oxygen atoms in total. The number of thiazole rings is 1. The monoisotopic (exact) mass is 466 g/mol. The summed E-state index contributed by atoms with van der Waals surface area (Å²) in [6.45, 7) is 3.75. The second-order valence-corrected chi connectivity index (χ2v) is 11.7. The van der Waals surface area contributed by atoms with Gasteiger partial charge in [0.1, 0.15) is 15.5 Å². The highest BCUT2D eigenvalue weighted by Crippen LogP contribution is 2.60. The summed E-state index contributed by atoms with van der Waals surface area (Å²) in [4.78, 5) is 23.3. The van der Waals surface area contributed by atoms with Crippen LogP contribution in [0.2, 0.25) is 0 Å². The summed E-state index contributed by atoms with van der Waals surface area (Å²) in [6.07, 6.45) is 7.58. The molecule has 3 aromatic heterocycles. The van der Waals surface area contributed by atoms with Gasteiger partial charge in [-0.25, -0.2) is 4.98 Å². The number of fused-ring (bicyclic) bond motifs is 2. The van der Waals surface area contributed by atoms with Gasteiger partial charge < -0.3 is 21.3 Å². The Hall–Kier alpha value is -1.91. The summed E-state index contributed by atoms with van der Waals surface area (Å²) in [7, 11) is 0. The number of carbonyl (C=O) groups is 1. The number of pyridine rings is 1. The fourth-order valence-electron chi connectivity index (χ4n) is 6.43. The fourth-order valence-corrected chi connectivity index (χ4v) is 8.74. The first-order valence-corrected chi connectivity index (χ1v) is 13.2. The van der Waals surface area contributed by atoms with Crippen molar-refractivity contribution in [1.29, 1.82) is 0 Å². The topological polar surface area (TPSA) is 91.0 Å². The maximum atomic E-state index is 12.9. The minimum atomic E-state index is 0.0841. The van der Waals surface area contributed by atoms with Gasteiger partial charge in [-0.3, -0.25) is 9.78 Å². The van der Waals surface area contributed by atoms with Crippen molar-refractivity contribution in [2.24, 2.45) is 11.8 Å². The molecule has 9 heteroatoms. The van der Waals surface area contributed by atoms with E-state index in [1.807, 2.05) is 18.5 Å². The molecule has 0 radical (unpaired) electrons. The summed E-state index contributed by atoms with van der Waals surface area (Å²) in [5.41, 5.74) is 3.68. The lowest BCUT2D eigenvalue weighted by Crippen LogP contribution is -2.73. The van der Waals surface area contributed by atoms with E-state index in [4.69, 9.17) is 4.98 Å².